The third-order valence-corrected chi connectivity index (χ3v) is 7.24. The lowest BCUT2D eigenvalue weighted by molar-refractivity contribution is -0.137. The number of rotatable bonds is 8. The predicted octanol–water partition coefficient (Wildman–Crippen LogP) is 7.22. The molecule has 0 aliphatic heterocycles. The van der Waals surface area contributed by atoms with Gasteiger partial charge in [0.25, 0.3) is 5.91 Å². The van der Waals surface area contributed by atoms with Gasteiger partial charge in [-0.15, -0.1) is 0 Å². The van der Waals surface area contributed by atoms with E-state index in [1.54, 1.807) is 17.0 Å². The van der Waals surface area contributed by atoms with Gasteiger partial charge in [-0.05, 0) is 67.4 Å². The molecule has 192 valence electrons. The Balaban J connectivity index is 1.87. The van der Waals surface area contributed by atoms with E-state index < -0.39 is 26.8 Å². The Kier molecular flexibility index (Phi) is 8.59. The fraction of sp³-hybridized carbons (Fsp3) is 0.240. The van der Waals surface area contributed by atoms with E-state index in [2.05, 4.69) is 0 Å². The molecule has 0 saturated heterocycles. The number of benzene rings is 3. The topological polar surface area (TPSA) is 63.7 Å². The first-order valence-corrected chi connectivity index (χ1v) is 12.9. The molecule has 0 spiro atoms. The van der Waals surface area contributed by atoms with Crippen LogP contribution in [0.5, 0.6) is 5.75 Å². The van der Waals surface area contributed by atoms with E-state index >= 15 is 0 Å². The van der Waals surface area contributed by atoms with Crippen LogP contribution < -0.4 is 4.18 Å². The van der Waals surface area contributed by atoms with Gasteiger partial charge in [-0.25, -0.2) is 0 Å². The van der Waals surface area contributed by atoms with Gasteiger partial charge in [0.15, 0.2) is 0 Å². The van der Waals surface area contributed by atoms with Crippen molar-refractivity contribution in [2.45, 2.75) is 43.9 Å². The lowest BCUT2D eigenvalue weighted by Crippen LogP contribution is -2.38. The van der Waals surface area contributed by atoms with E-state index in [0.29, 0.717) is 23.1 Å². The summed E-state index contributed by atoms with van der Waals surface area (Å²) in [5, 5.41) is 0.587. The van der Waals surface area contributed by atoms with Crippen LogP contribution in [0.3, 0.4) is 0 Å². The Morgan fingerprint density at radius 1 is 1.03 bits per heavy atom. The maximum Gasteiger partial charge on any atom is 0.416 e. The third kappa shape index (κ3) is 6.72. The van der Waals surface area contributed by atoms with Crippen molar-refractivity contribution >= 4 is 39.2 Å². The van der Waals surface area contributed by atoms with Gasteiger partial charge in [0, 0.05) is 17.6 Å². The molecule has 0 aromatic heterocycles. The van der Waals surface area contributed by atoms with Gasteiger partial charge in [0.1, 0.15) is 10.6 Å². The summed E-state index contributed by atoms with van der Waals surface area (Å²) in [6, 6.07) is 13.6. The molecule has 5 nitrogen and oxygen atoms in total. The number of hydrogen-bond donors (Lipinski definition) is 0. The van der Waals surface area contributed by atoms with Gasteiger partial charge in [0.2, 0.25) is 0 Å². The van der Waals surface area contributed by atoms with Crippen molar-refractivity contribution in [3.8, 4) is 5.75 Å². The summed E-state index contributed by atoms with van der Waals surface area (Å²) < 4.78 is 69.4. The summed E-state index contributed by atoms with van der Waals surface area (Å²) in [6.45, 7) is 3.88. The van der Waals surface area contributed by atoms with Crippen LogP contribution in [-0.4, -0.2) is 25.3 Å². The average molecular weight is 560 g/mol. The molecule has 1 unspecified atom stereocenters. The zero-order valence-electron chi connectivity index (χ0n) is 19.2. The fourth-order valence-corrected chi connectivity index (χ4v) is 4.82. The molecule has 0 fully saturated rings. The highest BCUT2D eigenvalue weighted by Crippen LogP contribution is 2.31. The minimum absolute atomic E-state index is 0.105. The van der Waals surface area contributed by atoms with Crippen molar-refractivity contribution in [1.29, 1.82) is 0 Å². The van der Waals surface area contributed by atoms with Crippen molar-refractivity contribution < 1.29 is 30.6 Å². The second-order valence-electron chi connectivity index (χ2n) is 8.02. The minimum Gasteiger partial charge on any atom is -0.379 e. The maximum absolute atomic E-state index is 13.3. The normalized spacial score (nSPS) is 12.8. The summed E-state index contributed by atoms with van der Waals surface area (Å²) in [7, 11) is -4.54. The van der Waals surface area contributed by atoms with Crippen molar-refractivity contribution in [3.05, 3.63) is 93.5 Å². The van der Waals surface area contributed by atoms with E-state index in [4.69, 9.17) is 27.4 Å². The Labute approximate surface area is 217 Å². The third-order valence-electron chi connectivity index (χ3n) is 5.45. The molecule has 0 N–H and O–H groups in total. The Hall–Kier alpha value is -2.75. The van der Waals surface area contributed by atoms with Crippen molar-refractivity contribution in [3.63, 3.8) is 0 Å². The highest BCUT2D eigenvalue weighted by Gasteiger charge is 2.32. The maximum atomic E-state index is 13.3. The Bertz CT molecular complexity index is 1360. The van der Waals surface area contributed by atoms with Crippen molar-refractivity contribution in [1.82, 2.24) is 4.90 Å². The Morgan fingerprint density at radius 3 is 2.36 bits per heavy atom. The van der Waals surface area contributed by atoms with Crippen LogP contribution in [0.1, 0.15) is 41.8 Å². The van der Waals surface area contributed by atoms with Crippen LogP contribution in [0.2, 0.25) is 10.0 Å². The number of amides is 1. The molecule has 3 aromatic rings. The summed E-state index contributed by atoms with van der Waals surface area (Å²) in [5.41, 5.74) is -0.295. The summed E-state index contributed by atoms with van der Waals surface area (Å²) in [6.07, 6.45) is -4.07. The fourth-order valence-electron chi connectivity index (χ4n) is 3.36. The molecular formula is C25H22Cl2F3NO4S. The molecule has 0 heterocycles. The number of carbonyl (C=O) groups is 1. The second-order valence-corrected chi connectivity index (χ2v) is 10.4. The smallest absolute Gasteiger partial charge is 0.379 e. The van der Waals surface area contributed by atoms with Crippen molar-refractivity contribution in [2.75, 3.05) is 0 Å². The molecule has 0 saturated carbocycles. The molecular weight excluding hydrogens is 538 g/mol. The molecule has 3 aromatic carbocycles. The zero-order chi connectivity index (χ0) is 26.7. The van der Waals surface area contributed by atoms with Crippen LogP contribution in [0, 0.1) is 0 Å². The molecule has 1 atom stereocenters. The van der Waals surface area contributed by atoms with Crippen LogP contribution in [-0.2, 0) is 22.8 Å². The van der Waals surface area contributed by atoms with Gasteiger partial charge in [-0.1, -0.05) is 48.3 Å². The average Bonchev–Trinajstić information content (AvgIpc) is 2.81. The molecule has 0 bridgehead atoms. The zero-order valence-corrected chi connectivity index (χ0v) is 21.5. The van der Waals surface area contributed by atoms with Crippen LogP contribution in [0.4, 0.5) is 13.2 Å². The largest absolute Gasteiger partial charge is 0.416 e. The lowest BCUT2D eigenvalue weighted by atomic mass is 10.1. The van der Waals surface area contributed by atoms with Crippen molar-refractivity contribution in [2.24, 2.45) is 0 Å². The molecule has 36 heavy (non-hydrogen) atoms. The van der Waals surface area contributed by atoms with E-state index in [1.165, 1.54) is 30.3 Å². The summed E-state index contributed by atoms with van der Waals surface area (Å²) >= 11 is 12.2. The van der Waals surface area contributed by atoms with E-state index in [1.807, 2.05) is 13.8 Å². The number of halogens is 5. The molecule has 0 aliphatic carbocycles. The highest BCUT2D eigenvalue weighted by atomic mass is 35.5. The molecule has 0 radical (unpaired) electrons. The number of carbonyl (C=O) groups excluding carboxylic acids is 1. The monoisotopic (exact) mass is 559 g/mol. The van der Waals surface area contributed by atoms with Crippen LogP contribution in [0.15, 0.2) is 71.6 Å². The van der Waals surface area contributed by atoms with Gasteiger partial charge in [-0.3, -0.25) is 4.79 Å². The molecule has 3 rings (SSSR count). The summed E-state index contributed by atoms with van der Waals surface area (Å²) in [4.78, 5) is 14.2. The quantitative estimate of drug-likeness (QED) is 0.273. The Morgan fingerprint density at radius 2 is 1.72 bits per heavy atom. The van der Waals surface area contributed by atoms with E-state index in [9.17, 15) is 26.4 Å². The van der Waals surface area contributed by atoms with E-state index in [-0.39, 0.29) is 34.8 Å². The lowest BCUT2D eigenvalue weighted by Gasteiger charge is -2.29. The van der Waals surface area contributed by atoms with E-state index in [0.717, 1.165) is 18.2 Å². The molecule has 11 heteroatoms. The first-order valence-electron chi connectivity index (χ1n) is 10.8. The first kappa shape index (κ1) is 27.8. The predicted molar refractivity (Wildman–Crippen MR) is 132 cm³/mol. The SMILES string of the molecule is CCC(C)N(Cc1cccc(OS(=O)(=O)c2cccc(C(F)(F)F)c2)c1)C(=O)c1ccc(Cl)cc1Cl. The molecule has 1 amide bonds. The number of nitrogens with zero attached hydrogens (tertiary/aromatic N) is 1. The number of alkyl halides is 3. The minimum atomic E-state index is -4.70. The van der Waals surface area contributed by atoms with Crippen LogP contribution >= 0.6 is 23.2 Å². The number of hydrogen-bond acceptors (Lipinski definition) is 4. The van der Waals surface area contributed by atoms with Crippen LogP contribution in [0.25, 0.3) is 0 Å². The van der Waals surface area contributed by atoms with Gasteiger partial charge >= 0.3 is 16.3 Å². The highest BCUT2D eigenvalue weighted by molar-refractivity contribution is 7.87. The molecule has 0 aliphatic rings. The summed E-state index contributed by atoms with van der Waals surface area (Å²) in [5.74, 6) is -0.445. The standard InChI is InChI=1S/C25H22Cl2F3NO4S/c1-3-16(2)31(24(32)22-11-10-19(26)14-23(22)27)15-17-6-4-8-20(12-17)35-36(33,34)21-9-5-7-18(13-21)25(28,29)30/h4-14,16H,3,15H2,1-2H3. The van der Waals surface area contributed by atoms with Gasteiger partial charge < -0.3 is 9.08 Å². The second kappa shape index (κ2) is 11.1. The first-order chi connectivity index (χ1) is 16.8. The van der Waals surface area contributed by atoms with Gasteiger partial charge in [0.05, 0.1) is 16.1 Å². The van der Waals surface area contributed by atoms with Gasteiger partial charge in [-0.2, -0.15) is 21.6 Å².